The number of aliphatic hydroxyl groups excluding tert-OH is 1. The second kappa shape index (κ2) is 7.17. The molecule has 1 fully saturated rings. The Morgan fingerprint density at radius 1 is 1.47 bits per heavy atom. The fourth-order valence-electron chi connectivity index (χ4n) is 1.34. The SMILES string of the molecule is CN(CCOCC1CC1)CCC(N)CO. The zero-order chi connectivity index (χ0) is 11.1. The predicted octanol–water partition coefficient (Wildman–Crippen LogP) is 0.0545. The van der Waals surface area contributed by atoms with Crippen molar-refractivity contribution in [2.45, 2.75) is 25.3 Å². The molecule has 0 amide bonds. The molecule has 4 heteroatoms. The molecule has 0 spiro atoms. The van der Waals surface area contributed by atoms with Crippen LogP contribution in [0.1, 0.15) is 19.3 Å². The van der Waals surface area contributed by atoms with Crippen molar-refractivity contribution in [3.8, 4) is 0 Å². The third-order valence-corrected chi connectivity index (χ3v) is 2.78. The van der Waals surface area contributed by atoms with Crippen LogP contribution in [0.3, 0.4) is 0 Å². The topological polar surface area (TPSA) is 58.7 Å². The highest BCUT2D eigenvalue weighted by atomic mass is 16.5. The first-order valence-corrected chi connectivity index (χ1v) is 5.85. The zero-order valence-corrected chi connectivity index (χ0v) is 9.69. The summed E-state index contributed by atoms with van der Waals surface area (Å²) in [6.07, 6.45) is 3.54. The first kappa shape index (κ1) is 12.9. The Balaban J connectivity index is 1.85. The lowest BCUT2D eigenvalue weighted by Gasteiger charge is -2.18. The van der Waals surface area contributed by atoms with Gasteiger partial charge in [0.05, 0.1) is 13.2 Å². The molecule has 1 saturated carbocycles. The summed E-state index contributed by atoms with van der Waals surface area (Å²) in [5, 5.41) is 8.76. The molecule has 1 atom stereocenters. The van der Waals surface area contributed by atoms with Crippen molar-refractivity contribution in [2.24, 2.45) is 11.7 Å². The van der Waals surface area contributed by atoms with E-state index in [0.29, 0.717) is 0 Å². The van der Waals surface area contributed by atoms with Crippen molar-refractivity contribution in [3.63, 3.8) is 0 Å². The van der Waals surface area contributed by atoms with Crippen LogP contribution < -0.4 is 5.73 Å². The molecule has 1 rings (SSSR count). The van der Waals surface area contributed by atoms with Crippen molar-refractivity contribution in [1.82, 2.24) is 4.90 Å². The van der Waals surface area contributed by atoms with Gasteiger partial charge in [0.25, 0.3) is 0 Å². The van der Waals surface area contributed by atoms with E-state index >= 15 is 0 Å². The minimum Gasteiger partial charge on any atom is -0.395 e. The molecule has 3 N–H and O–H groups in total. The summed E-state index contributed by atoms with van der Waals surface area (Å²) in [5.74, 6) is 0.845. The Morgan fingerprint density at radius 3 is 2.80 bits per heavy atom. The Labute approximate surface area is 92.4 Å². The van der Waals surface area contributed by atoms with E-state index in [2.05, 4.69) is 11.9 Å². The van der Waals surface area contributed by atoms with E-state index in [9.17, 15) is 0 Å². The third-order valence-electron chi connectivity index (χ3n) is 2.78. The van der Waals surface area contributed by atoms with Crippen molar-refractivity contribution in [3.05, 3.63) is 0 Å². The van der Waals surface area contributed by atoms with Gasteiger partial charge in [0.1, 0.15) is 0 Å². The van der Waals surface area contributed by atoms with Crippen molar-refractivity contribution < 1.29 is 9.84 Å². The van der Waals surface area contributed by atoms with Gasteiger partial charge in [-0.2, -0.15) is 0 Å². The molecule has 0 aliphatic heterocycles. The fourth-order valence-corrected chi connectivity index (χ4v) is 1.34. The molecule has 1 unspecified atom stereocenters. The number of nitrogens with zero attached hydrogens (tertiary/aromatic N) is 1. The van der Waals surface area contributed by atoms with Crippen LogP contribution >= 0.6 is 0 Å². The second-order valence-corrected chi connectivity index (χ2v) is 4.55. The third kappa shape index (κ3) is 6.84. The standard InChI is InChI=1S/C11H24N2O2/c1-13(5-4-11(12)8-14)6-7-15-9-10-2-3-10/h10-11,14H,2-9,12H2,1H3. The lowest BCUT2D eigenvalue weighted by molar-refractivity contribution is 0.102. The smallest absolute Gasteiger partial charge is 0.0593 e. The number of hydrogen-bond acceptors (Lipinski definition) is 4. The molecule has 90 valence electrons. The van der Waals surface area contributed by atoms with Gasteiger partial charge in [0, 0.05) is 19.2 Å². The molecule has 15 heavy (non-hydrogen) atoms. The molecule has 0 aromatic heterocycles. The zero-order valence-electron chi connectivity index (χ0n) is 9.69. The van der Waals surface area contributed by atoms with Crippen LogP contribution in [0.4, 0.5) is 0 Å². The van der Waals surface area contributed by atoms with E-state index in [1.165, 1.54) is 12.8 Å². The number of rotatable bonds is 9. The van der Waals surface area contributed by atoms with Crippen molar-refractivity contribution in [1.29, 1.82) is 0 Å². The quantitative estimate of drug-likeness (QED) is 0.535. The average Bonchev–Trinajstić information content (AvgIpc) is 3.04. The van der Waals surface area contributed by atoms with Gasteiger partial charge in [-0.25, -0.2) is 0 Å². The predicted molar refractivity (Wildman–Crippen MR) is 60.7 cm³/mol. The van der Waals surface area contributed by atoms with E-state index < -0.39 is 0 Å². The summed E-state index contributed by atoms with van der Waals surface area (Å²) in [4.78, 5) is 2.20. The van der Waals surface area contributed by atoms with Gasteiger partial charge >= 0.3 is 0 Å². The van der Waals surface area contributed by atoms with Crippen LogP contribution in [0.25, 0.3) is 0 Å². The van der Waals surface area contributed by atoms with Crippen LogP contribution in [-0.4, -0.2) is 56.0 Å². The number of likely N-dealkylation sites (N-methyl/N-ethyl adjacent to an activating group) is 1. The Morgan fingerprint density at radius 2 is 2.20 bits per heavy atom. The Bertz CT molecular complexity index is 163. The molecule has 0 saturated heterocycles. The van der Waals surface area contributed by atoms with Gasteiger partial charge in [-0.05, 0) is 38.8 Å². The summed E-state index contributed by atoms with van der Waals surface area (Å²) in [5.41, 5.74) is 5.62. The first-order valence-electron chi connectivity index (χ1n) is 5.85. The first-order chi connectivity index (χ1) is 7.22. The Hall–Kier alpha value is -0.160. The van der Waals surface area contributed by atoms with E-state index in [-0.39, 0.29) is 12.6 Å². The van der Waals surface area contributed by atoms with Gasteiger partial charge in [-0.1, -0.05) is 0 Å². The van der Waals surface area contributed by atoms with E-state index in [1.807, 2.05) is 0 Å². The lowest BCUT2D eigenvalue weighted by Crippen LogP contribution is -2.32. The molecular formula is C11H24N2O2. The van der Waals surface area contributed by atoms with Gasteiger partial charge in [-0.15, -0.1) is 0 Å². The number of ether oxygens (including phenoxy) is 1. The maximum Gasteiger partial charge on any atom is 0.0593 e. The summed E-state index contributed by atoms with van der Waals surface area (Å²) in [6.45, 7) is 3.69. The Kier molecular flexibility index (Phi) is 6.17. The molecule has 0 heterocycles. The second-order valence-electron chi connectivity index (χ2n) is 4.55. The maximum atomic E-state index is 8.76. The molecule has 0 aromatic rings. The molecule has 1 aliphatic rings. The number of hydrogen-bond donors (Lipinski definition) is 2. The fraction of sp³-hybridized carbons (Fsp3) is 1.00. The van der Waals surface area contributed by atoms with Crippen LogP contribution in [0.5, 0.6) is 0 Å². The highest BCUT2D eigenvalue weighted by Gasteiger charge is 2.20. The maximum absolute atomic E-state index is 8.76. The number of nitrogens with two attached hydrogens (primary N) is 1. The van der Waals surface area contributed by atoms with Crippen LogP contribution in [0.2, 0.25) is 0 Å². The van der Waals surface area contributed by atoms with Crippen molar-refractivity contribution in [2.75, 3.05) is 40.0 Å². The van der Waals surface area contributed by atoms with Crippen LogP contribution in [-0.2, 0) is 4.74 Å². The summed E-state index contributed by atoms with van der Waals surface area (Å²) < 4.78 is 5.54. The van der Waals surface area contributed by atoms with E-state index in [4.69, 9.17) is 15.6 Å². The van der Waals surface area contributed by atoms with Gasteiger partial charge < -0.3 is 20.5 Å². The highest BCUT2D eigenvalue weighted by Crippen LogP contribution is 2.28. The summed E-state index contributed by atoms with van der Waals surface area (Å²) >= 11 is 0. The van der Waals surface area contributed by atoms with Gasteiger partial charge in [0.15, 0.2) is 0 Å². The molecule has 1 aliphatic carbocycles. The monoisotopic (exact) mass is 216 g/mol. The van der Waals surface area contributed by atoms with Crippen LogP contribution in [0, 0.1) is 5.92 Å². The normalized spacial score (nSPS) is 18.4. The molecule has 0 radical (unpaired) electrons. The van der Waals surface area contributed by atoms with Gasteiger partial charge in [0.2, 0.25) is 0 Å². The molecule has 0 bridgehead atoms. The van der Waals surface area contributed by atoms with Crippen molar-refractivity contribution >= 4 is 0 Å². The van der Waals surface area contributed by atoms with E-state index in [0.717, 1.165) is 38.6 Å². The van der Waals surface area contributed by atoms with Gasteiger partial charge in [-0.3, -0.25) is 0 Å². The number of aliphatic hydroxyl groups is 1. The molecular weight excluding hydrogens is 192 g/mol. The largest absolute Gasteiger partial charge is 0.395 e. The minimum atomic E-state index is -0.0835. The minimum absolute atomic E-state index is 0.0754. The average molecular weight is 216 g/mol. The van der Waals surface area contributed by atoms with Crippen LogP contribution in [0.15, 0.2) is 0 Å². The lowest BCUT2D eigenvalue weighted by atomic mass is 10.2. The summed E-state index contributed by atoms with van der Waals surface area (Å²) in [7, 11) is 2.06. The van der Waals surface area contributed by atoms with E-state index in [1.54, 1.807) is 0 Å². The highest BCUT2D eigenvalue weighted by molar-refractivity contribution is 4.72. The summed E-state index contributed by atoms with van der Waals surface area (Å²) in [6, 6.07) is -0.0835. The molecule has 0 aromatic carbocycles. The molecule has 4 nitrogen and oxygen atoms in total.